The highest BCUT2D eigenvalue weighted by atomic mass is 31.0. The van der Waals surface area contributed by atoms with Gasteiger partial charge in [-0.15, -0.1) is 0 Å². The molecule has 2 rings (SSSR count). The quantitative estimate of drug-likeness (QED) is 0.150. The fourth-order valence-electron chi connectivity index (χ4n) is 2.68. The fraction of sp³-hybridized carbons (Fsp3) is 0.481. The van der Waals surface area contributed by atoms with Crippen LogP contribution in [0, 0.1) is 6.92 Å². The maximum Gasteiger partial charge on any atom is 0.343 e. The first-order valence-corrected chi connectivity index (χ1v) is 9.59. The zero-order valence-corrected chi connectivity index (χ0v) is 20.6. The maximum atomic E-state index is 12.2. The molecular weight excluding hydrogens is 450 g/mol. The number of rotatable bonds is 9. The Morgan fingerprint density at radius 2 is 1.24 bits per heavy atom. The van der Waals surface area contributed by atoms with E-state index >= 15 is 0 Å². The highest BCUT2D eigenvalue weighted by molar-refractivity contribution is 6.92. The number of hydrogen-bond acceptors (Lipinski definition) is 4. The summed E-state index contributed by atoms with van der Waals surface area (Å²) in [6.45, 7) is 6.05. The number of aryl methyl sites for hydroxylation is 1. The second kappa shape index (κ2) is 22.1. The molecule has 3 unspecified atom stereocenters. The van der Waals surface area contributed by atoms with E-state index in [9.17, 15) is 9.59 Å². The van der Waals surface area contributed by atoms with Crippen molar-refractivity contribution in [2.24, 2.45) is 0 Å². The largest absolute Gasteiger partial charge is 0.459 e. The van der Waals surface area contributed by atoms with Crippen LogP contribution in [0.15, 0.2) is 48.5 Å². The molecular formula is C27H50O4P2. The molecule has 6 heteroatoms. The molecule has 0 aliphatic rings. The van der Waals surface area contributed by atoms with Gasteiger partial charge in [0.05, 0.1) is 17.2 Å². The number of ether oxygens (including phenoxy) is 2. The predicted octanol–water partition coefficient (Wildman–Crippen LogP) is 8.39. The molecule has 2 aromatic rings. The van der Waals surface area contributed by atoms with Gasteiger partial charge in [-0.05, 0) is 63.1 Å². The highest BCUT2D eigenvalue weighted by Crippen LogP contribution is 2.17. The molecule has 0 fully saturated rings. The van der Waals surface area contributed by atoms with Crippen LogP contribution in [0.25, 0.3) is 0 Å². The van der Waals surface area contributed by atoms with E-state index in [0.29, 0.717) is 16.9 Å². The summed E-state index contributed by atoms with van der Waals surface area (Å²) in [5, 5.41) is 0. The van der Waals surface area contributed by atoms with E-state index in [1.54, 1.807) is 36.4 Å². The van der Waals surface area contributed by atoms with Gasteiger partial charge in [0.1, 0.15) is 5.75 Å². The lowest BCUT2D eigenvalue weighted by molar-refractivity contribution is 0.0319. The van der Waals surface area contributed by atoms with Crippen molar-refractivity contribution in [3.8, 4) is 5.75 Å². The van der Waals surface area contributed by atoms with E-state index in [0.717, 1.165) is 18.4 Å². The third-order valence-corrected chi connectivity index (χ3v) is 4.36. The molecule has 0 amide bonds. The molecule has 0 spiro atoms. The van der Waals surface area contributed by atoms with Gasteiger partial charge in [-0.1, -0.05) is 73.6 Å². The number of carbonyl (C=O) groups excluding carboxylic acids is 2. The third-order valence-electron chi connectivity index (χ3n) is 4.36. The molecule has 0 bridgehead atoms. The lowest BCUT2D eigenvalue weighted by Gasteiger charge is -2.13. The van der Waals surface area contributed by atoms with Crippen LogP contribution in [0.2, 0.25) is 0 Å². The molecule has 192 valence electrons. The summed E-state index contributed by atoms with van der Waals surface area (Å²) in [4.78, 5) is 24.3. The third kappa shape index (κ3) is 14.9. The smallest absolute Gasteiger partial charge is 0.343 e. The second-order valence-electron chi connectivity index (χ2n) is 6.85. The Morgan fingerprint density at radius 1 is 0.758 bits per heavy atom. The summed E-state index contributed by atoms with van der Waals surface area (Å²) >= 11 is 0. The average molecular weight is 501 g/mol. The van der Waals surface area contributed by atoms with Gasteiger partial charge >= 0.3 is 11.9 Å². The normalized spacial score (nSPS) is 9.55. The SMILES string of the molecule is C.C.C.C.CCCCCCC(C)OC(=O)c1ccc(OC(=O)c2ccc(C)cc2)cc1.P.P. The fourth-order valence-corrected chi connectivity index (χ4v) is 2.68. The second-order valence-corrected chi connectivity index (χ2v) is 6.85. The zero-order valence-electron chi connectivity index (χ0n) is 17.8. The lowest BCUT2D eigenvalue weighted by atomic mass is 10.1. The topological polar surface area (TPSA) is 52.6 Å². The monoisotopic (exact) mass is 500 g/mol. The van der Waals surface area contributed by atoms with Gasteiger partial charge in [-0.3, -0.25) is 0 Å². The molecule has 0 aliphatic carbocycles. The van der Waals surface area contributed by atoms with Crippen molar-refractivity contribution in [1.29, 1.82) is 0 Å². The van der Waals surface area contributed by atoms with Gasteiger partial charge in [0, 0.05) is 0 Å². The van der Waals surface area contributed by atoms with Gasteiger partial charge < -0.3 is 9.47 Å². The Bertz CT molecular complexity index is 744. The number of benzene rings is 2. The molecule has 0 N–H and O–H groups in total. The molecule has 0 saturated carbocycles. The zero-order chi connectivity index (χ0) is 19.6. The number of unbranched alkanes of at least 4 members (excludes halogenated alkanes) is 3. The number of hydrogen-bond donors (Lipinski definition) is 0. The first kappa shape index (κ1) is 41.5. The van der Waals surface area contributed by atoms with Crippen LogP contribution in [0.5, 0.6) is 5.75 Å². The minimum Gasteiger partial charge on any atom is -0.459 e. The molecule has 0 radical (unpaired) electrons. The van der Waals surface area contributed by atoms with Crippen molar-refractivity contribution in [2.45, 2.75) is 88.7 Å². The van der Waals surface area contributed by atoms with Crippen molar-refractivity contribution >= 4 is 31.7 Å². The van der Waals surface area contributed by atoms with Gasteiger partial charge in [-0.25, -0.2) is 9.59 Å². The standard InChI is InChI=1S/C23H28O4.4CH4.2H3P/c1-4-5-6-7-8-18(3)26-22(24)20-13-15-21(16-14-20)27-23(25)19-11-9-17(2)10-12-19;;;;;;/h9-16,18H,4-8H2,1-3H3;4*1H4;2*1H3. The van der Waals surface area contributed by atoms with Crippen molar-refractivity contribution in [3.63, 3.8) is 0 Å². The van der Waals surface area contributed by atoms with Gasteiger partial charge in [-0.2, -0.15) is 19.8 Å². The molecule has 0 aromatic heterocycles. The molecule has 0 aliphatic heterocycles. The molecule has 0 saturated heterocycles. The van der Waals surface area contributed by atoms with Crippen molar-refractivity contribution in [1.82, 2.24) is 0 Å². The summed E-state index contributed by atoms with van der Waals surface area (Å²) in [5.74, 6) is -0.384. The van der Waals surface area contributed by atoms with Crippen LogP contribution in [-0.4, -0.2) is 18.0 Å². The predicted molar refractivity (Wildman–Crippen MR) is 155 cm³/mol. The molecule has 4 nitrogen and oxygen atoms in total. The Hall–Kier alpha value is -1.76. The summed E-state index contributed by atoms with van der Waals surface area (Å²) in [6.07, 6.45) is 5.40. The first-order valence-electron chi connectivity index (χ1n) is 9.59. The minimum atomic E-state index is -0.425. The van der Waals surface area contributed by atoms with Crippen molar-refractivity contribution < 1.29 is 19.1 Å². The van der Waals surface area contributed by atoms with E-state index in [1.807, 2.05) is 26.0 Å². The van der Waals surface area contributed by atoms with Crippen LogP contribution >= 0.6 is 19.8 Å². The Kier molecular flexibility index (Phi) is 27.7. The van der Waals surface area contributed by atoms with Crippen LogP contribution in [0.1, 0.15) is 102 Å². The van der Waals surface area contributed by atoms with Crippen LogP contribution < -0.4 is 4.74 Å². The molecule has 3 atom stereocenters. The summed E-state index contributed by atoms with van der Waals surface area (Å²) in [7, 11) is 0. The van der Waals surface area contributed by atoms with E-state index in [1.165, 1.54) is 19.3 Å². The highest BCUT2D eigenvalue weighted by Gasteiger charge is 2.13. The van der Waals surface area contributed by atoms with Crippen molar-refractivity contribution in [2.75, 3.05) is 0 Å². The Morgan fingerprint density at radius 3 is 1.76 bits per heavy atom. The van der Waals surface area contributed by atoms with Gasteiger partial charge in [0.15, 0.2) is 0 Å². The number of esters is 2. The summed E-state index contributed by atoms with van der Waals surface area (Å²) in [6, 6.07) is 13.6. The summed E-state index contributed by atoms with van der Waals surface area (Å²) < 4.78 is 10.8. The Labute approximate surface area is 210 Å². The van der Waals surface area contributed by atoms with Crippen LogP contribution in [0.3, 0.4) is 0 Å². The van der Waals surface area contributed by atoms with Gasteiger partial charge in [0.25, 0.3) is 0 Å². The lowest BCUT2D eigenvalue weighted by Crippen LogP contribution is -2.15. The van der Waals surface area contributed by atoms with E-state index in [4.69, 9.17) is 9.47 Å². The van der Waals surface area contributed by atoms with E-state index in [-0.39, 0.29) is 61.6 Å². The van der Waals surface area contributed by atoms with E-state index in [2.05, 4.69) is 6.92 Å². The van der Waals surface area contributed by atoms with Crippen molar-refractivity contribution in [3.05, 3.63) is 65.2 Å². The molecule has 2 aromatic carbocycles. The van der Waals surface area contributed by atoms with E-state index < -0.39 is 5.97 Å². The number of carbonyl (C=O) groups is 2. The average Bonchev–Trinajstić information content (AvgIpc) is 2.66. The molecule has 0 heterocycles. The molecule has 33 heavy (non-hydrogen) atoms. The van der Waals surface area contributed by atoms with Gasteiger partial charge in [0.2, 0.25) is 0 Å². The maximum absolute atomic E-state index is 12.2. The first-order chi connectivity index (χ1) is 13.0. The Balaban J connectivity index is -0.000000436. The summed E-state index contributed by atoms with van der Waals surface area (Å²) in [5.41, 5.74) is 2.01. The minimum absolute atomic E-state index is 0. The van der Waals surface area contributed by atoms with Crippen LogP contribution in [-0.2, 0) is 4.74 Å². The van der Waals surface area contributed by atoms with Crippen LogP contribution in [0.4, 0.5) is 0 Å².